The highest BCUT2D eigenvalue weighted by Gasteiger charge is 2.43. The molecule has 0 unspecified atom stereocenters. The van der Waals surface area contributed by atoms with Crippen LogP contribution in [0.25, 0.3) is 0 Å². The molecule has 1 heterocycles. The molecule has 1 saturated carbocycles. The summed E-state index contributed by atoms with van der Waals surface area (Å²) >= 11 is 14.2. The molecule has 130 valence electrons. The minimum Gasteiger partial charge on any atom is -0.320 e. The largest absolute Gasteiger partial charge is 0.320 e. The van der Waals surface area contributed by atoms with Crippen LogP contribution in [0.2, 0.25) is 10.0 Å². The van der Waals surface area contributed by atoms with Gasteiger partial charge in [0.05, 0.1) is 10.0 Å². The number of nitrogens with zero attached hydrogens (tertiary/aromatic N) is 2. The molecule has 0 atom stereocenters. The molecule has 1 aromatic carbocycles. The molecule has 1 aliphatic carbocycles. The molecule has 0 bridgehead atoms. The molecule has 0 spiro atoms. The lowest BCUT2D eigenvalue weighted by molar-refractivity contribution is 0.282. The highest BCUT2D eigenvalue weighted by Crippen LogP contribution is 2.50. The van der Waals surface area contributed by atoms with E-state index in [2.05, 4.69) is 35.9 Å². The minimum absolute atomic E-state index is 0.0693. The monoisotopic (exact) mass is 382 g/mol. The molecule has 1 aromatic heterocycles. The van der Waals surface area contributed by atoms with E-state index in [1.165, 1.54) is 30.5 Å². The van der Waals surface area contributed by atoms with Crippen molar-refractivity contribution in [3.8, 4) is 0 Å². The summed E-state index contributed by atoms with van der Waals surface area (Å²) in [6, 6.07) is 6.13. The van der Waals surface area contributed by atoms with Gasteiger partial charge in [0.25, 0.3) is 0 Å². The van der Waals surface area contributed by atoms with Crippen LogP contribution < -0.4 is 4.80 Å². The van der Waals surface area contributed by atoms with E-state index < -0.39 is 0 Å². The Hall–Kier alpha value is -0.770. The highest BCUT2D eigenvalue weighted by molar-refractivity contribution is 7.07. The van der Waals surface area contributed by atoms with Gasteiger partial charge in [0.15, 0.2) is 4.80 Å². The third-order valence-corrected chi connectivity index (χ3v) is 6.53. The first kappa shape index (κ1) is 18.0. The third kappa shape index (κ3) is 3.18. The van der Waals surface area contributed by atoms with Crippen molar-refractivity contribution in [3.63, 3.8) is 0 Å². The Morgan fingerprint density at radius 3 is 2.54 bits per heavy atom. The van der Waals surface area contributed by atoms with Crippen LogP contribution in [0.1, 0.15) is 57.2 Å². The number of thiazole rings is 1. The summed E-state index contributed by atoms with van der Waals surface area (Å²) in [6.45, 7) is 6.31. The van der Waals surface area contributed by atoms with Crippen LogP contribution in [0.3, 0.4) is 0 Å². The van der Waals surface area contributed by atoms with Gasteiger partial charge in [-0.05, 0) is 43.4 Å². The lowest BCUT2D eigenvalue weighted by atomic mass is 9.62. The molecular weight excluding hydrogens is 359 g/mol. The first-order chi connectivity index (χ1) is 11.6. The van der Waals surface area contributed by atoms with Crippen molar-refractivity contribution in [3.05, 3.63) is 49.7 Å². The fourth-order valence-corrected chi connectivity index (χ4v) is 4.85. The van der Waals surface area contributed by atoms with Crippen LogP contribution in [-0.2, 0) is 12.0 Å². The van der Waals surface area contributed by atoms with Gasteiger partial charge in [-0.1, -0.05) is 49.5 Å². The van der Waals surface area contributed by atoms with Gasteiger partial charge in [-0.25, -0.2) is 0 Å². The molecule has 24 heavy (non-hydrogen) atoms. The van der Waals surface area contributed by atoms with Gasteiger partial charge < -0.3 is 4.57 Å². The molecule has 0 radical (unpaired) electrons. The van der Waals surface area contributed by atoms with E-state index in [1.54, 1.807) is 11.3 Å². The molecule has 3 rings (SSSR count). The van der Waals surface area contributed by atoms with Crippen LogP contribution in [0.15, 0.2) is 28.6 Å². The normalized spacial score (nSPS) is 17.1. The Labute approximate surface area is 158 Å². The van der Waals surface area contributed by atoms with Crippen molar-refractivity contribution in [2.45, 2.75) is 57.9 Å². The maximum Gasteiger partial charge on any atom is 0.184 e. The average Bonchev–Trinajstić information content (AvgIpc) is 2.91. The third-order valence-electron chi connectivity index (χ3n) is 4.89. The maximum absolute atomic E-state index is 6.31. The topological polar surface area (TPSA) is 17.3 Å². The van der Waals surface area contributed by atoms with Gasteiger partial charge in [0.1, 0.15) is 0 Å². The Morgan fingerprint density at radius 2 is 1.96 bits per heavy atom. The van der Waals surface area contributed by atoms with Crippen LogP contribution >= 0.6 is 34.5 Å². The van der Waals surface area contributed by atoms with Crippen molar-refractivity contribution in [2.24, 2.45) is 4.99 Å². The SMILES string of the molecule is CCCN=c1scc(C2(c3ccc(Cl)c(Cl)c3)CCC2)n1CCC. The number of rotatable bonds is 6. The smallest absolute Gasteiger partial charge is 0.184 e. The molecule has 0 N–H and O–H groups in total. The summed E-state index contributed by atoms with van der Waals surface area (Å²) in [5, 5.41) is 3.58. The van der Waals surface area contributed by atoms with E-state index in [-0.39, 0.29) is 5.41 Å². The maximum atomic E-state index is 6.31. The van der Waals surface area contributed by atoms with Crippen molar-refractivity contribution in [1.29, 1.82) is 0 Å². The van der Waals surface area contributed by atoms with E-state index in [0.29, 0.717) is 10.0 Å². The minimum atomic E-state index is 0.0693. The van der Waals surface area contributed by atoms with E-state index >= 15 is 0 Å². The fraction of sp³-hybridized carbons (Fsp3) is 0.526. The van der Waals surface area contributed by atoms with Gasteiger partial charge in [-0.2, -0.15) is 0 Å². The lowest BCUT2D eigenvalue weighted by Crippen LogP contribution is -2.39. The Balaban J connectivity index is 2.10. The van der Waals surface area contributed by atoms with Gasteiger partial charge in [-0.3, -0.25) is 4.99 Å². The predicted molar refractivity (Wildman–Crippen MR) is 104 cm³/mol. The Kier molecular flexibility index (Phi) is 5.74. The Bertz CT molecular complexity index is 772. The molecule has 0 amide bonds. The number of halogens is 2. The second-order valence-electron chi connectivity index (χ2n) is 6.50. The van der Waals surface area contributed by atoms with Crippen molar-refractivity contribution >= 4 is 34.5 Å². The van der Waals surface area contributed by atoms with Gasteiger partial charge >= 0.3 is 0 Å². The van der Waals surface area contributed by atoms with Gasteiger partial charge in [0, 0.05) is 29.6 Å². The second-order valence-corrected chi connectivity index (χ2v) is 8.15. The molecular formula is C19H24Cl2N2S. The zero-order valence-electron chi connectivity index (χ0n) is 14.3. The summed E-state index contributed by atoms with van der Waals surface area (Å²) < 4.78 is 2.43. The lowest BCUT2D eigenvalue weighted by Gasteiger charge is -2.43. The van der Waals surface area contributed by atoms with Crippen LogP contribution in [0.5, 0.6) is 0 Å². The predicted octanol–water partition coefficient (Wildman–Crippen LogP) is 6.05. The van der Waals surface area contributed by atoms with Gasteiger partial charge in [0.2, 0.25) is 0 Å². The molecule has 0 aliphatic heterocycles. The molecule has 1 fully saturated rings. The van der Waals surface area contributed by atoms with E-state index in [0.717, 1.165) is 30.7 Å². The molecule has 1 aliphatic rings. The summed E-state index contributed by atoms with van der Waals surface area (Å²) in [7, 11) is 0. The van der Waals surface area contributed by atoms with Crippen LogP contribution in [-0.4, -0.2) is 11.1 Å². The van der Waals surface area contributed by atoms with E-state index in [1.807, 2.05) is 6.07 Å². The summed E-state index contributed by atoms with van der Waals surface area (Å²) in [6.07, 6.45) is 5.78. The fourth-order valence-electron chi connectivity index (χ4n) is 3.50. The molecule has 5 heteroatoms. The Morgan fingerprint density at radius 1 is 1.17 bits per heavy atom. The summed E-state index contributed by atoms with van der Waals surface area (Å²) in [5.41, 5.74) is 2.75. The zero-order valence-corrected chi connectivity index (χ0v) is 16.6. The summed E-state index contributed by atoms with van der Waals surface area (Å²) in [4.78, 5) is 5.95. The molecule has 2 nitrogen and oxygen atoms in total. The number of benzene rings is 1. The molecule has 0 saturated heterocycles. The van der Waals surface area contributed by atoms with Crippen molar-refractivity contribution in [2.75, 3.05) is 6.54 Å². The van der Waals surface area contributed by atoms with Crippen LogP contribution in [0, 0.1) is 0 Å². The number of aromatic nitrogens is 1. The first-order valence-corrected chi connectivity index (χ1v) is 10.4. The zero-order chi connectivity index (χ0) is 17.2. The highest BCUT2D eigenvalue weighted by atomic mass is 35.5. The van der Waals surface area contributed by atoms with Gasteiger partial charge in [-0.15, -0.1) is 11.3 Å². The standard InChI is InChI=1S/C19H24Cl2N2S/c1-3-10-22-18-23(11-4-2)17(13-24-18)19(8-5-9-19)14-6-7-15(20)16(21)12-14/h6-7,12-13H,3-5,8-11H2,1-2H3. The van der Waals surface area contributed by atoms with Crippen molar-refractivity contribution in [1.82, 2.24) is 4.57 Å². The molecule has 2 aromatic rings. The first-order valence-electron chi connectivity index (χ1n) is 8.77. The van der Waals surface area contributed by atoms with Crippen LogP contribution in [0.4, 0.5) is 0 Å². The van der Waals surface area contributed by atoms with Crippen molar-refractivity contribution < 1.29 is 0 Å². The quantitative estimate of drug-likeness (QED) is 0.578. The second kappa shape index (κ2) is 7.63. The average molecular weight is 383 g/mol. The number of hydrogen-bond donors (Lipinski definition) is 0. The van der Waals surface area contributed by atoms with E-state index in [4.69, 9.17) is 28.2 Å². The number of hydrogen-bond acceptors (Lipinski definition) is 2. The summed E-state index contributed by atoms with van der Waals surface area (Å²) in [5.74, 6) is 0. The van der Waals surface area contributed by atoms with E-state index in [9.17, 15) is 0 Å².